The van der Waals surface area contributed by atoms with E-state index >= 15 is 0 Å². The summed E-state index contributed by atoms with van der Waals surface area (Å²) in [7, 11) is 1.59. The molecule has 100 valence electrons. The molecule has 0 heterocycles. The molecule has 0 N–H and O–H groups in total. The van der Waals surface area contributed by atoms with Crippen molar-refractivity contribution < 1.29 is 14.3 Å². The molecule has 0 saturated heterocycles. The van der Waals surface area contributed by atoms with Gasteiger partial charge in [-0.15, -0.1) is 0 Å². The summed E-state index contributed by atoms with van der Waals surface area (Å²) in [6.45, 7) is 5.02. The van der Waals surface area contributed by atoms with Gasteiger partial charge in [0.25, 0.3) is 0 Å². The number of carbonyl (C=O) groups is 1. The third-order valence-corrected chi connectivity index (χ3v) is 3.17. The summed E-state index contributed by atoms with van der Waals surface area (Å²) in [5.74, 6) is 1.30. The zero-order valence-corrected chi connectivity index (χ0v) is 12.6. The van der Waals surface area contributed by atoms with Gasteiger partial charge in [0.05, 0.1) is 11.6 Å². The van der Waals surface area contributed by atoms with Gasteiger partial charge in [-0.05, 0) is 46.5 Å². The van der Waals surface area contributed by atoms with Gasteiger partial charge in [0.15, 0.2) is 5.78 Å². The quantitative estimate of drug-likeness (QED) is 0.568. The molecule has 0 radical (unpaired) electrons. The number of benzene rings is 1. The van der Waals surface area contributed by atoms with Crippen LogP contribution in [-0.4, -0.2) is 26.1 Å². The van der Waals surface area contributed by atoms with Gasteiger partial charge in [0.2, 0.25) is 0 Å². The second kappa shape index (κ2) is 7.54. The number of ether oxygens (including phenoxy) is 2. The molecule has 0 aliphatic heterocycles. The lowest BCUT2D eigenvalue weighted by Crippen LogP contribution is -2.11. The number of carbonyl (C=O) groups excluding carboxylic acids is 1. The van der Waals surface area contributed by atoms with Gasteiger partial charge in [-0.3, -0.25) is 4.79 Å². The monoisotopic (exact) mass is 314 g/mol. The van der Waals surface area contributed by atoms with E-state index in [9.17, 15) is 4.79 Å². The summed E-state index contributed by atoms with van der Waals surface area (Å²) in [6.07, 6.45) is 0.972. The van der Waals surface area contributed by atoms with Crippen LogP contribution in [0, 0.1) is 5.92 Å². The Morgan fingerprint density at radius 2 is 2.11 bits per heavy atom. The Hall–Kier alpha value is -0.870. The van der Waals surface area contributed by atoms with Crippen LogP contribution in [0.1, 0.15) is 30.6 Å². The van der Waals surface area contributed by atoms with Crippen LogP contribution >= 0.6 is 15.9 Å². The van der Waals surface area contributed by atoms with E-state index in [2.05, 4.69) is 29.8 Å². The highest BCUT2D eigenvalue weighted by Gasteiger charge is 2.09. The Bertz CT molecular complexity index is 402. The van der Waals surface area contributed by atoms with Crippen LogP contribution < -0.4 is 4.74 Å². The molecule has 0 atom stereocenters. The van der Waals surface area contributed by atoms with Crippen molar-refractivity contribution in [1.29, 1.82) is 0 Å². The van der Waals surface area contributed by atoms with Gasteiger partial charge in [0, 0.05) is 12.2 Å². The molecule has 1 aromatic rings. The first-order valence-corrected chi connectivity index (χ1v) is 6.78. The normalized spacial score (nSPS) is 10.7. The molecule has 0 unspecified atom stereocenters. The van der Waals surface area contributed by atoms with Crippen LogP contribution in [-0.2, 0) is 4.74 Å². The number of ketones is 1. The predicted molar refractivity (Wildman–Crippen MR) is 75.3 cm³/mol. The number of rotatable bonds is 7. The fourth-order valence-electron chi connectivity index (χ4n) is 1.41. The number of Topliss-reactive ketones (excluding diaryl/α,β-unsaturated/α-hetero) is 1. The largest absolute Gasteiger partial charge is 0.496 e. The molecule has 18 heavy (non-hydrogen) atoms. The second-order valence-corrected chi connectivity index (χ2v) is 5.36. The standard InChI is InChI=1S/C14H19BrO3/c1-10(2)6-7-18-9-13(16)11-4-5-14(17-3)12(15)8-11/h4-5,8,10H,6-7,9H2,1-3H3. The van der Waals surface area contributed by atoms with E-state index in [1.54, 1.807) is 25.3 Å². The van der Waals surface area contributed by atoms with Gasteiger partial charge in [-0.25, -0.2) is 0 Å². The van der Waals surface area contributed by atoms with E-state index in [0.29, 0.717) is 23.8 Å². The number of halogens is 1. The summed E-state index contributed by atoms with van der Waals surface area (Å²) < 4.78 is 11.3. The number of methoxy groups -OCH3 is 1. The lowest BCUT2D eigenvalue weighted by molar-refractivity contribution is 0.0739. The van der Waals surface area contributed by atoms with Crippen molar-refractivity contribution >= 4 is 21.7 Å². The first-order chi connectivity index (χ1) is 8.54. The summed E-state index contributed by atoms with van der Waals surface area (Å²) >= 11 is 3.36. The minimum absolute atomic E-state index is 0.0119. The van der Waals surface area contributed by atoms with Crippen molar-refractivity contribution in [3.8, 4) is 5.75 Å². The molecule has 0 bridgehead atoms. The number of hydrogen-bond acceptors (Lipinski definition) is 3. The summed E-state index contributed by atoms with van der Waals surface area (Å²) in [5, 5.41) is 0. The zero-order valence-electron chi connectivity index (χ0n) is 11.0. The third kappa shape index (κ3) is 4.78. The van der Waals surface area contributed by atoms with Gasteiger partial charge >= 0.3 is 0 Å². The average molecular weight is 315 g/mol. The first-order valence-electron chi connectivity index (χ1n) is 5.99. The highest BCUT2D eigenvalue weighted by Crippen LogP contribution is 2.25. The van der Waals surface area contributed by atoms with Crippen molar-refractivity contribution in [3.63, 3.8) is 0 Å². The van der Waals surface area contributed by atoms with Crippen LogP contribution in [0.4, 0.5) is 0 Å². The molecule has 3 nitrogen and oxygen atoms in total. The van der Waals surface area contributed by atoms with E-state index in [-0.39, 0.29) is 12.4 Å². The minimum Gasteiger partial charge on any atom is -0.496 e. The van der Waals surface area contributed by atoms with E-state index in [1.807, 2.05) is 0 Å². The van der Waals surface area contributed by atoms with Crippen molar-refractivity contribution in [2.24, 2.45) is 5.92 Å². The van der Waals surface area contributed by atoms with Crippen molar-refractivity contribution in [1.82, 2.24) is 0 Å². The van der Waals surface area contributed by atoms with Crippen LogP contribution in [0.25, 0.3) is 0 Å². The maximum absolute atomic E-state index is 11.9. The smallest absolute Gasteiger partial charge is 0.188 e. The van der Waals surface area contributed by atoms with Gasteiger partial charge < -0.3 is 9.47 Å². The maximum atomic E-state index is 11.9. The van der Waals surface area contributed by atoms with Crippen LogP contribution in [0.3, 0.4) is 0 Å². The molecule has 0 aromatic heterocycles. The summed E-state index contributed by atoms with van der Waals surface area (Å²) in [4.78, 5) is 11.9. The highest BCUT2D eigenvalue weighted by molar-refractivity contribution is 9.10. The third-order valence-electron chi connectivity index (χ3n) is 2.55. The topological polar surface area (TPSA) is 35.5 Å². The van der Waals surface area contributed by atoms with Gasteiger partial charge in [-0.1, -0.05) is 13.8 Å². The molecule has 1 aromatic carbocycles. The van der Waals surface area contributed by atoms with Crippen molar-refractivity contribution in [3.05, 3.63) is 28.2 Å². The lowest BCUT2D eigenvalue weighted by Gasteiger charge is -2.07. The first kappa shape index (κ1) is 15.2. The fourth-order valence-corrected chi connectivity index (χ4v) is 1.95. The molecule has 1 rings (SSSR count). The van der Waals surface area contributed by atoms with Crippen LogP contribution in [0.5, 0.6) is 5.75 Å². The molecular formula is C14H19BrO3. The Kier molecular flexibility index (Phi) is 6.36. The maximum Gasteiger partial charge on any atom is 0.188 e. The van der Waals surface area contributed by atoms with Crippen LogP contribution in [0.15, 0.2) is 22.7 Å². The Labute approximate surface area is 117 Å². The van der Waals surface area contributed by atoms with E-state index < -0.39 is 0 Å². The zero-order chi connectivity index (χ0) is 13.5. The number of hydrogen-bond donors (Lipinski definition) is 0. The molecule has 0 aliphatic carbocycles. The van der Waals surface area contributed by atoms with Crippen LogP contribution in [0.2, 0.25) is 0 Å². The molecule has 0 fully saturated rings. The molecule has 4 heteroatoms. The second-order valence-electron chi connectivity index (χ2n) is 4.51. The molecule has 0 amide bonds. The molecule has 0 aliphatic rings. The van der Waals surface area contributed by atoms with E-state index in [1.165, 1.54) is 0 Å². The average Bonchev–Trinajstić information content (AvgIpc) is 2.34. The summed E-state index contributed by atoms with van der Waals surface area (Å²) in [5.41, 5.74) is 0.632. The predicted octanol–water partition coefficient (Wildman–Crippen LogP) is 3.70. The van der Waals surface area contributed by atoms with Crippen molar-refractivity contribution in [2.45, 2.75) is 20.3 Å². The highest BCUT2D eigenvalue weighted by atomic mass is 79.9. The minimum atomic E-state index is -0.0119. The lowest BCUT2D eigenvalue weighted by atomic mass is 10.1. The Morgan fingerprint density at radius 1 is 1.39 bits per heavy atom. The van der Waals surface area contributed by atoms with Gasteiger partial charge in [-0.2, -0.15) is 0 Å². The Morgan fingerprint density at radius 3 is 2.67 bits per heavy atom. The van der Waals surface area contributed by atoms with Gasteiger partial charge in [0.1, 0.15) is 12.4 Å². The SMILES string of the molecule is COc1ccc(C(=O)COCCC(C)C)cc1Br. The van der Waals surface area contributed by atoms with Crippen molar-refractivity contribution in [2.75, 3.05) is 20.3 Å². The fraction of sp³-hybridized carbons (Fsp3) is 0.500. The molecular weight excluding hydrogens is 296 g/mol. The summed E-state index contributed by atoms with van der Waals surface area (Å²) in [6, 6.07) is 5.27. The van der Waals surface area contributed by atoms with E-state index in [0.717, 1.165) is 10.9 Å². The molecule has 0 saturated carbocycles. The Balaban J connectivity index is 2.49. The van der Waals surface area contributed by atoms with E-state index in [4.69, 9.17) is 9.47 Å². The molecule has 0 spiro atoms.